The predicted octanol–water partition coefficient (Wildman–Crippen LogP) is 4.93. The second-order valence-corrected chi connectivity index (χ2v) is 6.72. The molecule has 1 heterocycles. The lowest BCUT2D eigenvalue weighted by molar-refractivity contribution is -0.137. The van der Waals surface area contributed by atoms with Crippen LogP contribution in [0.15, 0.2) is 72.9 Å². The number of pyridine rings is 1. The number of rotatable bonds is 6. The molecule has 1 aromatic heterocycles. The summed E-state index contributed by atoms with van der Waals surface area (Å²) in [4.78, 5) is 6.17. The maximum Gasteiger partial charge on any atom is 0.417 e. The van der Waals surface area contributed by atoms with Gasteiger partial charge in [-0.2, -0.15) is 13.2 Å². The molecule has 0 aliphatic carbocycles. The molecule has 0 saturated heterocycles. The summed E-state index contributed by atoms with van der Waals surface area (Å²) in [6, 6.07) is 18.2. The SMILES string of the molecule is CN(Cc1ccc(-c2ccccc2C(F)(F)F)nc1)CC(O)c1ccccc1. The zero-order valence-corrected chi connectivity index (χ0v) is 15.4. The molecule has 0 aliphatic heterocycles. The third-order valence-electron chi connectivity index (χ3n) is 4.45. The van der Waals surface area contributed by atoms with Gasteiger partial charge >= 0.3 is 6.18 Å². The van der Waals surface area contributed by atoms with E-state index in [0.717, 1.165) is 17.2 Å². The Balaban J connectivity index is 1.68. The zero-order valence-electron chi connectivity index (χ0n) is 15.4. The summed E-state index contributed by atoms with van der Waals surface area (Å²) >= 11 is 0. The minimum absolute atomic E-state index is 0.0643. The highest BCUT2D eigenvalue weighted by Crippen LogP contribution is 2.36. The second kappa shape index (κ2) is 8.54. The first-order chi connectivity index (χ1) is 13.3. The number of aliphatic hydroxyl groups is 1. The van der Waals surface area contributed by atoms with E-state index < -0.39 is 17.8 Å². The quantitative estimate of drug-likeness (QED) is 0.652. The molecule has 1 N–H and O–H groups in total. The summed E-state index contributed by atoms with van der Waals surface area (Å²) in [5.74, 6) is 0. The smallest absolute Gasteiger partial charge is 0.387 e. The van der Waals surface area contributed by atoms with Gasteiger partial charge in [-0.25, -0.2) is 0 Å². The molecule has 0 aliphatic rings. The topological polar surface area (TPSA) is 36.4 Å². The van der Waals surface area contributed by atoms with Crippen LogP contribution in [0.5, 0.6) is 0 Å². The van der Waals surface area contributed by atoms with E-state index in [1.165, 1.54) is 12.1 Å². The molecule has 6 heteroatoms. The number of hydrogen-bond acceptors (Lipinski definition) is 3. The van der Waals surface area contributed by atoms with Gasteiger partial charge in [0.25, 0.3) is 0 Å². The largest absolute Gasteiger partial charge is 0.417 e. The van der Waals surface area contributed by atoms with E-state index in [1.807, 2.05) is 42.3 Å². The molecule has 0 spiro atoms. The molecule has 0 saturated carbocycles. The lowest BCUT2D eigenvalue weighted by Crippen LogP contribution is -2.24. The van der Waals surface area contributed by atoms with Gasteiger partial charge in [-0.15, -0.1) is 0 Å². The van der Waals surface area contributed by atoms with Crippen molar-refractivity contribution in [3.63, 3.8) is 0 Å². The van der Waals surface area contributed by atoms with Crippen LogP contribution in [0.2, 0.25) is 0 Å². The van der Waals surface area contributed by atoms with Gasteiger partial charge in [0, 0.05) is 24.8 Å². The standard InChI is InChI=1S/C22H21F3N2O/c1-27(15-21(28)17-7-3-2-4-8-17)14-16-11-12-20(26-13-16)18-9-5-6-10-19(18)22(23,24)25/h2-13,21,28H,14-15H2,1H3. The summed E-state index contributed by atoms with van der Waals surface area (Å²) in [5.41, 5.74) is 1.35. The molecule has 0 fully saturated rings. The fourth-order valence-corrected chi connectivity index (χ4v) is 3.08. The average molecular weight is 386 g/mol. The Labute approximate surface area is 162 Å². The van der Waals surface area contributed by atoms with Crippen molar-refractivity contribution in [1.82, 2.24) is 9.88 Å². The van der Waals surface area contributed by atoms with Crippen molar-refractivity contribution in [2.75, 3.05) is 13.6 Å². The van der Waals surface area contributed by atoms with Crippen molar-refractivity contribution in [1.29, 1.82) is 0 Å². The van der Waals surface area contributed by atoms with Gasteiger partial charge in [0.15, 0.2) is 0 Å². The van der Waals surface area contributed by atoms with E-state index >= 15 is 0 Å². The molecule has 0 radical (unpaired) electrons. The van der Waals surface area contributed by atoms with Crippen LogP contribution >= 0.6 is 0 Å². The molecule has 146 valence electrons. The van der Waals surface area contributed by atoms with Crippen LogP contribution < -0.4 is 0 Å². The molecule has 2 aromatic carbocycles. The highest BCUT2D eigenvalue weighted by molar-refractivity contribution is 5.64. The van der Waals surface area contributed by atoms with Crippen LogP contribution in [-0.2, 0) is 12.7 Å². The molecular formula is C22H21F3N2O. The van der Waals surface area contributed by atoms with Crippen molar-refractivity contribution < 1.29 is 18.3 Å². The minimum atomic E-state index is -4.43. The number of likely N-dealkylation sites (N-methyl/N-ethyl adjacent to an activating group) is 1. The number of aliphatic hydroxyl groups excluding tert-OH is 1. The Morgan fingerprint density at radius 3 is 2.29 bits per heavy atom. The van der Waals surface area contributed by atoms with Crippen LogP contribution in [0.1, 0.15) is 22.8 Å². The van der Waals surface area contributed by atoms with Crippen LogP contribution in [-0.4, -0.2) is 28.6 Å². The summed E-state index contributed by atoms with van der Waals surface area (Å²) in [5, 5.41) is 10.3. The molecule has 0 bridgehead atoms. The third kappa shape index (κ3) is 4.97. The number of nitrogens with zero attached hydrogens (tertiary/aromatic N) is 2. The molecular weight excluding hydrogens is 365 g/mol. The Kier molecular flexibility index (Phi) is 6.11. The van der Waals surface area contributed by atoms with Crippen LogP contribution in [0.3, 0.4) is 0 Å². The first kappa shape index (κ1) is 20.0. The van der Waals surface area contributed by atoms with Crippen molar-refractivity contribution in [2.45, 2.75) is 18.8 Å². The molecule has 3 aromatic rings. The molecule has 3 rings (SSSR count). The number of halogens is 3. The van der Waals surface area contributed by atoms with Gasteiger partial charge in [-0.1, -0.05) is 54.6 Å². The fraction of sp³-hybridized carbons (Fsp3) is 0.227. The molecule has 1 unspecified atom stereocenters. The molecule has 0 amide bonds. The van der Waals surface area contributed by atoms with E-state index in [-0.39, 0.29) is 11.3 Å². The normalized spacial score (nSPS) is 12.9. The van der Waals surface area contributed by atoms with Crippen molar-refractivity contribution in [3.8, 4) is 11.3 Å². The van der Waals surface area contributed by atoms with E-state index in [4.69, 9.17) is 0 Å². The average Bonchev–Trinajstić information content (AvgIpc) is 2.68. The van der Waals surface area contributed by atoms with Crippen LogP contribution in [0.4, 0.5) is 13.2 Å². The Morgan fingerprint density at radius 2 is 1.64 bits per heavy atom. The predicted molar refractivity (Wildman–Crippen MR) is 102 cm³/mol. The first-order valence-corrected chi connectivity index (χ1v) is 8.87. The lowest BCUT2D eigenvalue weighted by atomic mass is 10.0. The lowest BCUT2D eigenvalue weighted by Gasteiger charge is -2.21. The van der Waals surface area contributed by atoms with Gasteiger partial charge in [0.05, 0.1) is 17.4 Å². The maximum absolute atomic E-state index is 13.2. The highest BCUT2D eigenvalue weighted by atomic mass is 19.4. The van der Waals surface area contributed by atoms with Crippen molar-refractivity contribution >= 4 is 0 Å². The Bertz CT molecular complexity index is 896. The maximum atomic E-state index is 13.2. The van der Waals surface area contributed by atoms with Gasteiger partial charge < -0.3 is 5.11 Å². The summed E-state index contributed by atoms with van der Waals surface area (Å²) in [7, 11) is 1.87. The van der Waals surface area contributed by atoms with Crippen LogP contribution in [0.25, 0.3) is 11.3 Å². The van der Waals surface area contributed by atoms with E-state index in [9.17, 15) is 18.3 Å². The highest BCUT2D eigenvalue weighted by Gasteiger charge is 2.33. The number of benzene rings is 2. The minimum Gasteiger partial charge on any atom is -0.387 e. The Morgan fingerprint density at radius 1 is 0.964 bits per heavy atom. The molecule has 3 nitrogen and oxygen atoms in total. The van der Waals surface area contributed by atoms with Gasteiger partial charge in [-0.3, -0.25) is 9.88 Å². The summed E-state index contributed by atoms with van der Waals surface area (Å²) < 4.78 is 39.6. The molecule has 28 heavy (non-hydrogen) atoms. The van der Waals surface area contributed by atoms with E-state index in [0.29, 0.717) is 13.1 Å². The second-order valence-electron chi connectivity index (χ2n) is 6.72. The number of aromatic nitrogens is 1. The van der Waals surface area contributed by atoms with Gasteiger partial charge in [0.1, 0.15) is 0 Å². The molecule has 1 atom stereocenters. The fourth-order valence-electron chi connectivity index (χ4n) is 3.08. The summed E-state index contributed by atoms with van der Waals surface area (Å²) in [6.07, 6.45) is -3.46. The monoisotopic (exact) mass is 386 g/mol. The number of alkyl halides is 3. The van der Waals surface area contributed by atoms with E-state index in [2.05, 4.69) is 4.98 Å². The first-order valence-electron chi connectivity index (χ1n) is 8.87. The Hall–Kier alpha value is -2.70. The third-order valence-corrected chi connectivity index (χ3v) is 4.45. The van der Waals surface area contributed by atoms with Crippen molar-refractivity contribution in [2.24, 2.45) is 0 Å². The van der Waals surface area contributed by atoms with Gasteiger partial charge in [-0.05, 0) is 30.3 Å². The van der Waals surface area contributed by atoms with E-state index in [1.54, 1.807) is 24.4 Å². The number of hydrogen-bond donors (Lipinski definition) is 1. The van der Waals surface area contributed by atoms with Gasteiger partial charge in [0.2, 0.25) is 0 Å². The summed E-state index contributed by atoms with van der Waals surface area (Å²) in [6.45, 7) is 0.959. The van der Waals surface area contributed by atoms with Crippen LogP contribution in [0, 0.1) is 0 Å². The zero-order chi connectivity index (χ0) is 20.1. The van der Waals surface area contributed by atoms with Crippen molar-refractivity contribution in [3.05, 3.63) is 89.6 Å².